The second-order valence-corrected chi connectivity index (χ2v) is 26.1. The number of carbonyl (C=O) groups is 11. The Balaban J connectivity index is 1.44. The van der Waals surface area contributed by atoms with Gasteiger partial charge in [0.2, 0.25) is 59.1 Å². The van der Waals surface area contributed by atoms with Crippen LogP contribution in [0.3, 0.4) is 0 Å². The van der Waals surface area contributed by atoms with Crippen molar-refractivity contribution >= 4 is 113 Å². The van der Waals surface area contributed by atoms with Crippen molar-refractivity contribution in [3.05, 3.63) is 143 Å². The predicted molar refractivity (Wildman–Crippen MR) is 379 cm³/mol. The van der Waals surface area contributed by atoms with Crippen LogP contribution in [-0.4, -0.2) is 203 Å². The Kier molecular flexibility index (Phi) is 32.1. The second-order valence-electron chi connectivity index (χ2n) is 23.6. The van der Waals surface area contributed by atoms with Crippen LogP contribution in [0.15, 0.2) is 125 Å². The smallest absolute Gasteiger partial charge is 0.317 e. The lowest BCUT2D eigenvalue weighted by molar-refractivity contribution is -0.143. The van der Waals surface area contributed by atoms with Gasteiger partial charge in [-0.2, -0.15) is 36.2 Å². The van der Waals surface area contributed by atoms with E-state index >= 15 is 9.59 Å². The van der Waals surface area contributed by atoms with E-state index in [1.54, 1.807) is 97.1 Å². The molecule has 30 nitrogen and oxygen atoms in total. The van der Waals surface area contributed by atoms with Gasteiger partial charge in [0.05, 0.1) is 19.2 Å². The van der Waals surface area contributed by atoms with Gasteiger partial charge in [-0.25, -0.2) is 0 Å². The van der Waals surface area contributed by atoms with Gasteiger partial charge in [0.1, 0.15) is 54.4 Å². The first-order valence-corrected chi connectivity index (χ1v) is 35.1. The number of amides is 10. The number of carboxylic acids is 1. The number of aliphatic carboxylic acids is 1. The fraction of sp³-hybridized carbons (Fsp3) is 0.439. The molecule has 10 amide bonds. The minimum absolute atomic E-state index is 0.00236. The van der Waals surface area contributed by atoms with Crippen LogP contribution in [0.25, 0.3) is 0 Å². The van der Waals surface area contributed by atoms with Gasteiger partial charge >= 0.3 is 5.97 Å². The molecule has 4 aromatic rings. The number of nitrogens with two attached hydrogens (primary N) is 5. The number of primary amides is 1. The molecule has 6 rings (SSSR count). The molecule has 2 heterocycles. The molecule has 99 heavy (non-hydrogen) atoms. The summed E-state index contributed by atoms with van der Waals surface area (Å²) in [5.74, 6) is -11.2. The molecule has 1 saturated heterocycles. The second kappa shape index (κ2) is 40.4. The van der Waals surface area contributed by atoms with Gasteiger partial charge in [0.25, 0.3) is 0 Å². The number of aliphatic hydroxyl groups excluding tert-OH is 1. The first kappa shape index (κ1) is 78.6. The van der Waals surface area contributed by atoms with Crippen molar-refractivity contribution in [3.8, 4) is 0 Å². The van der Waals surface area contributed by atoms with Crippen LogP contribution in [0, 0.1) is 0 Å². The number of rotatable bonds is 23. The van der Waals surface area contributed by atoms with Crippen molar-refractivity contribution in [2.45, 2.75) is 130 Å². The Morgan fingerprint density at radius 2 is 1.15 bits per heavy atom. The molecule has 10 atom stereocenters. The van der Waals surface area contributed by atoms with Gasteiger partial charge in [-0.1, -0.05) is 115 Å². The van der Waals surface area contributed by atoms with Gasteiger partial charge in [0.15, 0.2) is 11.9 Å². The minimum atomic E-state index is -1.67. The molecule has 0 unspecified atom stereocenters. The van der Waals surface area contributed by atoms with E-state index in [-0.39, 0.29) is 99.5 Å². The fourth-order valence-electron chi connectivity index (χ4n) is 11.0. The zero-order valence-corrected chi connectivity index (χ0v) is 57.2. The zero-order chi connectivity index (χ0) is 72.0. The lowest BCUT2D eigenvalue weighted by Crippen LogP contribution is -2.62. The Morgan fingerprint density at radius 1 is 0.636 bits per heavy atom. The number of thioether (sulfide) groups is 2. The van der Waals surface area contributed by atoms with Gasteiger partial charge in [-0.3, -0.25) is 68.0 Å². The number of hydrogen-bond donors (Lipinski definition) is 17. The standard InChI is InChI=1S/C66H89N17O13S3/c1-38(84)54(81-51(85)31-72-32-52(86)87)63(95)80-49-37-99-35-41-18-11-17-40(29-41)34-98-36-48(56(67)88)79-59(91)46(30-39-15-5-2-6-16-39)77-57(89)44(23-12-26-73-65(68)69)75-60(92)47(33-97)78-58(90)45(24-13-27-74-66(70)71)76-62(94)50-25-14-28-83(50)64(96)55(82-61(49)93)53(42-19-7-3-8-20-42)43-21-9-4-10-22-43/h2-11,15-22,29,38,44-50,53-55,72,84,97H,12-14,23-28,30-37H2,1H3,(H2,67,88)(H,75,92)(H,76,94)(H,77,89)(H,78,90)(H,79,91)(H,80,95)(H,81,85)(H,82,93)(H,86,87)(H4,68,69,73)(H4,70,71,74)/t38-,44+,45+,46+,47+,48+,49+,50+,54+,55+/m1/s1. The predicted octanol–water partition coefficient (Wildman–Crippen LogP) is -2.31. The topological polar surface area (TPSA) is 495 Å². The summed E-state index contributed by atoms with van der Waals surface area (Å²) in [7, 11) is 0. The number of fused-ring (bicyclic) bond motifs is 3. The molecule has 4 aromatic carbocycles. The summed E-state index contributed by atoms with van der Waals surface area (Å²) < 4.78 is 0. The molecule has 21 N–H and O–H groups in total. The molecule has 534 valence electrons. The van der Waals surface area contributed by atoms with Crippen LogP contribution < -0.4 is 76.5 Å². The normalized spacial score (nSPS) is 21.8. The first-order chi connectivity index (χ1) is 47.4. The summed E-state index contributed by atoms with van der Waals surface area (Å²) in [5.41, 5.74) is 31.7. The number of thiol groups is 1. The zero-order valence-electron chi connectivity index (χ0n) is 54.7. The summed E-state index contributed by atoms with van der Waals surface area (Å²) in [5, 5.41) is 44.1. The molecular weight excluding hydrogens is 1340 g/mol. The third-order valence-electron chi connectivity index (χ3n) is 16.0. The molecule has 0 aliphatic carbocycles. The van der Waals surface area contributed by atoms with Crippen LogP contribution in [0.1, 0.15) is 79.2 Å². The molecular formula is C66H89N17O13S3. The number of carboxylic acid groups (broad SMARTS) is 1. The highest BCUT2D eigenvalue weighted by Gasteiger charge is 2.44. The molecule has 0 spiro atoms. The SMILES string of the molecule is C[C@@H](O)[C@H](NC(=O)CNCC(=O)O)C(=O)N[C@H]1CSCc2cccc(c2)CSC[C@@H](C(N)=O)NC(=O)[C@H](Cc2ccccc2)NC(=O)[C@H](CCCN=C(N)N)NC(=O)[C@H](CS)NC(=O)[C@H](CCCN=C(N)N)NC(=O)[C@@H]2CCCN2C(=O)[C@H](C(c2ccccc2)c2ccccc2)NC1=O. The number of guanidine groups is 2. The molecule has 0 aromatic heterocycles. The van der Waals surface area contributed by atoms with Crippen molar-refractivity contribution in [1.29, 1.82) is 0 Å². The Hall–Kier alpha value is -9.44. The molecule has 2 aliphatic heterocycles. The van der Waals surface area contributed by atoms with Gasteiger partial charge < -0.3 is 86.3 Å². The summed E-state index contributed by atoms with van der Waals surface area (Å²) in [4.78, 5) is 166. The molecule has 2 bridgehead atoms. The molecule has 0 saturated carbocycles. The maximum Gasteiger partial charge on any atom is 0.317 e. The Labute approximate surface area is 587 Å². The average Bonchev–Trinajstić information content (AvgIpc) is 1.78. The van der Waals surface area contributed by atoms with Gasteiger partial charge in [-0.15, -0.1) is 0 Å². The van der Waals surface area contributed by atoms with E-state index < -0.39 is 145 Å². The largest absolute Gasteiger partial charge is 0.480 e. The minimum Gasteiger partial charge on any atom is -0.480 e. The van der Waals surface area contributed by atoms with E-state index in [1.165, 1.54) is 35.3 Å². The number of carbonyl (C=O) groups excluding carboxylic acids is 10. The van der Waals surface area contributed by atoms with E-state index in [0.29, 0.717) is 22.4 Å². The van der Waals surface area contributed by atoms with E-state index in [0.717, 1.165) is 11.1 Å². The average molecular weight is 1420 g/mol. The summed E-state index contributed by atoms with van der Waals surface area (Å²) in [6.45, 7) is 0.124. The maximum atomic E-state index is 15.9. The van der Waals surface area contributed by atoms with Crippen molar-refractivity contribution in [2.24, 2.45) is 38.7 Å². The highest BCUT2D eigenvalue weighted by Crippen LogP contribution is 2.32. The summed E-state index contributed by atoms with van der Waals surface area (Å²) >= 11 is 6.89. The van der Waals surface area contributed by atoms with Gasteiger partial charge in [-0.05, 0) is 73.3 Å². The van der Waals surface area contributed by atoms with Crippen LogP contribution in [0.5, 0.6) is 0 Å². The highest BCUT2D eigenvalue weighted by atomic mass is 32.2. The van der Waals surface area contributed by atoms with E-state index in [2.05, 4.69) is 70.5 Å². The number of hydrogen-bond acceptors (Lipinski definition) is 18. The van der Waals surface area contributed by atoms with Gasteiger partial charge in [0, 0.05) is 60.7 Å². The van der Waals surface area contributed by atoms with E-state index in [9.17, 15) is 48.3 Å². The maximum absolute atomic E-state index is 15.9. The Morgan fingerprint density at radius 3 is 1.69 bits per heavy atom. The van der Waals surface area contributed by atoms with Crippen LogP contribution in [-0.2, 0) is 70.7 Å². The number of aliphatic hydroxyl groups is 1. The van der Waals surface area contributed by atoms with Crippen LogP contribution in [0.2, 0.25) is 0 Å². The molecule has 1 fully saturated rings. The van der Waals surface area contributed by atoms with Crippen molar-refractivity contribution in [2.75, 3.05) is 50.0 Å². The third kappa shape index (κ3) is 25.7. The fourth-order valence-corrected chi connectivity index (χ4v) is 13.3. The van der Waals surface area contributed by atoms with E-state index in [1.807, 2.05) is 18.2 Å². The summed E-state index contributed by atoms with van der Waals surface area (Å²) in [6.07, 6.45) is -1.23. The lowest BCUT2D eigenvalue weighted by atomic mass is 9.84. The van der Waals surface area contributed by atoms with Crippen LogP contribution >= 0.6 is 36.2 Å². The van der Waals surface area contributed by atoms with Crippen LogP contribution in [0.4, 0.5) is 0 Å². The number of benzene rings is 4. The van der Waals surface area contributed by atoms with Crippen molar-refractivity contribution in [3.63, 3.8) is 0 Å². The third-order valence-corrected chi connectivity index (χ3v) is 18.6. The number of nitrogens with zero attached hydrogens (tertiary/aromatic N) is 3. The number of nitrogens with one attached hydrogen (secondary N) is 9. The summed E-state index contributed by atoms with van der Waals surface area (Å²) in [6, 6.07) is 20.7. The van der Waals surface area contributed by atoms with Crippen molar-refractivity contribution < 1.29 is 63.0 Å². The quantitative estimate of drug-likeness (QED) is 0.0161. The lowest BCUT2D eigenvalue weighted by Gasteiger charge is -2.35. The van der Waals surface area contributed by atoms with Crippen molar-refractivity contribution in [1.82, 2.24) is 52.8 Å². The Bertz CT molecular complexity index is 3430. The highest BCUT2D eigenvalue weighted by molar-refractivity contribution is 7.98. The monoisotopic (exact) mass is 1420 g/mol. The molecule has 0 radical (unpaired) electrons. The first-order valence-electron chi connectivity index (χ1n) is 32.1. The molecule has 2 aliphatic rings. The number of aliphatic imine (C=N–C) groups is 2. The molecule has 33 heteroatoms. The van der Waals surface area contributed by atoms with E-state index in [4.69, 9.17) is 33.8 Å².